The first kappa shape index (κ1) is 22.5. The molecule has 0 bridgehead atoms. The van der Waals surface area contributed by atoms with Crippen LogP contribution in [0.2, 0.25) is 5.02 Å². The standard InChI is InChI=1S/C21H24ClNO6/c1-13(2)29-19(20(24)25)11-14-4-9-18(27-3)15(10-14)12-28-21(26)23-17-7-5-16(22)6-8-17/h4-10,13,19H,11-12H2,1-3H3,(H,23,26)(H,24,25). The Labute approximate surface area is 174 Å². The second-order valence-electron chi connectivity index (χ2n) is 6.57. The van der Waals surface area contributed by atoms with Crippen molar-refractivity contribution in [2.24, 2.45) is 0 Å². The lowest BCUT2D eigenvalue weighted by molar-refractivity contribution is -0.153. The van der Waals surface area contributed by atoms with Gasteiger partial charge >= 0.3 is 12.1 Å². The Balaban J connectivity index is 2.04. The Bertz CT molecular complexity index is 838. The lowest BCUT2D eigenvalue weighted by atomic mass is 10.0. The van der Waals surface area contributed by atoms with Crippen LogP contribution in [-0.2, 0) is 27.3 Å². The molecule has 2 aromatic carbocycles. The van der Waals surface area contributed by atoms with Crippen LogP contribution in [0, 0.1) is 0 Å². The number of methoxy groups -OCH3 is 1. The minimum absolute atomic E-state index is 0.0424. The van der Waals surface area contributed by atoms with Crippen LogP contribution < -0.4 is 10.1 Å². The van der Waals surface area contributed by atoms with Gasteiger partial charge in [0.25, 0.3) is 0 Å². The molecule has 0 aromatic heterocycles. The summed E-state index contributed by atoms with van der Waals surface area (Å²) in [4.78, 5) is 23.5. The Morgan fingerprint density at radius 2 is 1.83 bits per heavy atom. The number of carbonyl (C=O) groups is 2. The minimum atomic E-state index is -1.03. The van der Waals surface area contributed by atoms with E-state index in [1.54, 1.807) is 56.3 Å². The zero-order chi connectivity index (χ0) is 21.4. The molecule has 156 valence electrons. The van der Waals surface area contributed by atoms with Crippen LogP contribution in [0.1, 0.15) is 25.0 Å². The highest BCUT2D eigenvalue weighted by molar-refractivity contribution is 6.30. The van der Waals surface area contributed by atoms with E-state index >= 15 is 0 Å². The van der Waals surface area contributed by atoms with E-state index in [1.165, 1.54) is 7.11 Å². The van der Waals surface area contributed by atoms with Gasteiger partial charge < -0.3 is 19.3 Å². The molecule has 8 heteroatoms. The summed E-state index contributed by atoms with van der Waals surface area (Å²) in [5, 5.41) is 12.5. The topological polar surface area (TPSA) is 94.1 Å². The second-order valence-corrected chi connectivity index (χ2v) is 7.01. The highest BCUT2D eigenvalue weighted by Gasteiger charge is 2.21. The van der Waals surface area contributed by atoms with Crippen molar-refractivity contribution in [3.63, 3.8) is 0 Å². The van der Waals surface area contributed by atoms with Crippen molar-refractivity contribution in [2.45, 2.75) is 39.1 Å². The van der Waals surface area contributed by atoms with Crippen LogP contribution in [0.4, 0.5) is 10.5 Å². The summed E-state index contributed by atoms with van der Waals surface area (Å²) in [7, 11) is 1.51. The van der Waals surface area contributed by atoms with E-state index in [2.05, 4.69) is 5.32 Å². The zero-order valence-electron chi connectivity index (χ0n) is 16.5. The summed E-state index contributed by atoms with van der Waals surface area (Å²) in [6.45, 7) is 3.52. The van der Waals surface area contributed by atoms with Crippen molar-refractivity contribution >= 4 is 29.4 Å². The quantitative estimate of drug-likeness (QED) is 0.618. The molecule has 0 heterocycles. The van der Waals surface area contributed by atoms with E-state index in [9.17, 15) is 14.7 Å². The molecule has 0 saturated carbocycles. The van der Waals surface area contributed by atoms with Crippen molar-refractivity contribution in [1.29, 1.82) is 0 Å². The third-order valence-corrected chi connectivity index (χ3v) is 4.18. The van der Waals surface area contributed by atoms with Gasteiger partial charge in [-0.05, 0) is 55.8 Å². The average Bonchev–Trinajstić information content (AvgIpc) is 2.67. The molecule has 2 N–H and O–H groups in total. The molecule has 0 aliphatic rings. The number of aliphatic carboxylic acids is 1. The van der Waals surface area contributed by atoms with Crippen LogP contribution in [-0.4, -0.2) is 36.5 Å². The molecule has 29 heavy (non-hydrogen) atoms. The van der Waals surface area contributed by atoms with Crippen LogP contribution >= 0.6 is 11.6 Å². The van der Waals surface area contributed by atoms with Gasteiger partial charge in [0, 0.05) is 22.7 Å². The minimum Gasteiger partial charge on any atom is -0.496 e. The maximum absolute atomic E-state index is 12.0. The predicted octanol–water partition coefficient (Wildman–Crippen LogP) is 4.52. The summed E-state index contributed by atoms with van der Waals surface area (Å²) < 4.78 is 16.0. The van der Waals surface area contributed by atoms with E-state index in [0.29, 0.717) is 22.0 Å². The van der Waals surface area contributed by atoms with Gasteiger partial charge in [0.05, 0.1) is 13.2 Å². The van der Waals surface area contributed by atoms with Crippen LogP contribution in [0.3, 0.4) is 0 Å². The molecule has 0 aliphatic heterocycles. The van der Waals surface area contributed by atoms with Gasteiger partial charge in [0.15, 0.2) is 6.10 Å². The van der Waals surface area contributed by atoms with Crippen molar-refractivity contribution in [1.82, 2.24) is 0 Å². The van der Waals surface area contributed by atoms with Gasteiger partial charge in [-0.3, -0.25) is 5.32 Å². The summed E-state index contributed by atoms with van der Waals surface area (Å²) in [5.41, 5.74) is 1.90. The SMILES string of the molecule is COc1ccc(CC(OC(C)C)C(=O)O)cc1COC(=O)Nc1ccc(Cl)cc1. The number of carbonyl (C=O) groups excluding carboxylic acids is 1. The Hall–Kier alpha value is -2.77. The summed E-state index contributed by atoms with van der Waals surface area (Å²) >= 11 is 5.82. The first-order valence-electron chi connectivity index (χ1n) is 9.02. The van der Waals surface area contributed by atoms with Crippen LogP contribution in [0.25, 0.3) is 0 Å². The average molecular weight is 422 g/mol. The zero-order valence-corrected chi connectivity index (χ0v) is 17.2. The van der Waals surface area contributed by atoms with Crippen LogP contribution in [0.15, 0.2) is 42.5 Å². The van der Waals surface area contributed by atoms with Crippen molar-refractivity contribution in [3.05, 3.63) is 58.6 Å². The van der Waals surface area contributed by atoms with E-state index in [-0.39, 0.29) is 19.1 Å². The number of anilines is 1. The van der Waals surface area contributed by atoms with E-state index in [1.807, 2.05) is 0 Å². The number of hydrogen-bond donors (Lipinski definition) is 2. The molecule has 0 spiro atoms. The molecule has 1 unspecified atom stereocenters. The van der Waals surface area contributed by atoms with E-state index in [0.717, 1.165) is 5.56 Å². The largest absolute Gasteiger partial charge is 0.496 e. The molecule has 1 atom stereocenters. The van der Waals surface area contributed by atoms with Crippen molar-refractivity contribution in [2.75, 3.05) is 12.4 Å². The molecule has 1 amide bonds. The lowest BCUT2D eigenvalue weighted by Crippen LogP contribution is -2.29. The summed E-state index contributed by atoms with van der Waals surface area (Å²) in [6.07, 6.45) is -1.63. The predicted molar refractivity (Wildman–Crippen MR) is 110 cm³/mol. The highest BCUT2D eigenvalue weighted by Crippen LogP contribution is 2.23. The van der Waals surface area contributed by atoms with Crippen molar-refractivity contribution in [3.8, 4) is 5.75 Å². The Kier molecular flexibility index (Phi) is 8.30. The fourth-order valence-electron chi connectivity index (χ4n) is 2.64. The monoisotopic (exact) mass is 421 g/mol. The number of nitrogens with one attached hydrogen (secondary N) is 1. The molecular formula is C21H24ClNO6. The van der Waals surface area contributed by atoms with Gasteiger partial charge in [-0.25, -0.2) is 9.59 Å². The van der Waals surface area contributed by atoms with Gasteiger partial charge in [0.1, 0.15) is 12.4 Å². The molecule has 0 aliphatic carbocycles. The molecular weight excluding hydrogens is 398 g/mol. The maximum Gasteiger partial charge on any atom is 0.411 e. The van der Waals surface area contributed by atoms with E-state index < -0.39 is 18.2 Å². The molecule has 0 saturated heterocycles. The number of amides is 1. The first-order chi connectivity index (χ1) is 13.8. The lowest BCUT2D eigenvalue weighted by Gasteiger charge is -2.17. The number of carboxylic acid groups (broad SMARTS) is 1. The molecule has 7 nitrogen and oxygen atoms in total. The third kappa shape index (κ3) is 7.29. The normalized spacial score (nSPS) is 11.8. The molecule has 2 aromatic rings. The second kappa shape index (κ2) is 10.7. The molecule has 2 rings (SSSR count). The summed E-state index contributed by atoms with van der Waals surface area (Å²) in [5.74, 6) is -0.501. The number of rotatable bonds is 9. The number of ether oxygens (including phenoxy) is 3. The number of benzene rings is 2. The fourth-order valence-corrected chi connectivity index (χ4v) is 2.76. The third-order valence-electron chi connectivity index (χ3n) is 3.93. The Morgan fingerprint density at radius 3 is 2.41 bits per heavy atom. The first-order valence-corrected chi connectivity index (χ1v) is 9.39. The van der Waals surface area contributed by atoms with Crippen molar-refractivity contribution < 1.29 is 28.9 Å². The summed E-state index contributed by atoms with van der Waals surface area (Å²) in [6, 6.07) is 11.8. The number of hydrogen-bond acceptors (Lipinski definition) is 5. The fraction of sp³-hybridized carbons (Fsp3) is 0.333. The Morgan fingerprint density at radius 1 is 1.14 bits per heavy atom. The molecule has 0 radical (unpaired) electrons. The van der Waals surface area contributed by atoms with Gasteiger partial charge in [0.2, 0.25) is 0 Å². The maximum atomic E-state index is 12.0. The van der Waals surface area contributed by atoms with Crippen LogP contribution in [0.5, 0.6) is 5.75 Å². The van der Waals surface area contributed by atoms with E-state index in [4.69, 9.17) is 25.8 Å². The number of carboxylic acids is 1. The van der Waals surface area contributed by atoms with Gasteiger partial charge in [-0.2, -0.15) is 0 Å². The highest BCUT2D eigenvalue weighted by atomic mass is 35.5. The van der Waals surface area contributed by atoms with Gasteiger partial charge in [-0.1, -0.05) is 17.7 Å². The number of halogens is 1. The smallest absolute Gasteiger partial charge is 0.411 e. The van der Waals surface area contributed by atoms with Gasteiger partial charge in [-0.15, -0.1) is 0 Å². The molecule has 0 fully saturated rings.